The molecule has 102 valence electrons. The van der Waals surface area contributed by atoms with Crippen LogP contribution in [0.3, 0.4) is 0 Å². The third-order valence-corrected chi connectivity index (χ3v) is 3.74. The summed E-state index contributed by atoms with van der Waals surface area (Å²) in [6.45, 7) is 4.49. The van der Waals surface area contributed by atoms with Crippen molar-refractivity contribution in [3.05, 3.63) is 5.82 Å². The first-order valence-electron chi connectivity index (χ1n) is 6.74. The van der Waals surface area contributed by atoms with Crippen LogP contribution >= 0.6 is 0 Å². The van der Waals surface area contributed by atoms with Crippen molar-refractivity contribution >= 4 is 0 Å². The lowest BCUT2D eigenvalue weighted by Gasteiger charge is -2.34. The smallest absolute Gasteiger partial charge is 0.165 e. The number of hydrogen-bond acceptors (Lipinski definition) is 5. The van der Waals surface area contributed by atoms with Crippen molar-refractivity contribution in [3.8, 4) is 0 Å². The monoisotopic (exact) mass is 253 g/mol. The number of nitrogens with one attached hydrogen (secondary N) is 1. The first-order chi connectivity index (χ1) is 8.76. The number of nitrogens with zero attached hydrogens (tertiary/aromatic N) is 4. The summed E-state index contributed by atoms with van der Waals surface area (Å²) >= 11 is 0. The Morgan fingerprint density at radius 2 is 2.11 bits per heavy atom. The molecular formula is C12H23N5O. The van der Waals surface area contributed by atoms with Crippen molar-refractivity contribution in [1.29, 1.82) is 0 Å². The van der Waals surface area contributed by atoms with Crippen LogP contribution in [-0.2, 0) is 16.8 Å². The molecule has 1 aromatic heterocycles. The second kappa shape index (κ2) is 6.24. The number of aromatic nitrogens is 4. The highest BCUT2D eigenvalue weighted by molar-refractivity contribution is 4.92. The normalized spacial score (nSPS) is 19.0. The summed E-state index contributed by atoms with van der Waals surface area (Å²) < 4.78 is 7.03. The van der Waals surface area contributed by atoms with E-state index in [1.807, 2.05) is 4.68 Å². The minimum Gasteiger partial charge on any atom is -0.383 e. The van der Waals surface area contributed by atoms with E-state index in [2.05, 4.69) is 27.8 Å². The summed E-state index contributed by atoms with van der Waals surface area (Å²) in [6.07, 6.45) is 6.21. The van der Waals surface area contributed by atoms with Gasteiger partial charge in [-0.05, 0) is 30.2 Å². The average molecular weight is 253 g/mol. The summed E-state index contributed by atoms with van der Waals surface area (Å²) in [6, 6.07) is 0. The SMILES string of the molecule is COCCNCc1nnnn1C1(C)CCCCC1. The standard InChI is InChI=1S/C12H23N5O/c1-12(6-4-3-5-7-12)17-11(14-15-16-17)10-13-8-9-18-2/h13H,3-10H2,1-2H3. The van der Waals surface area contributed by atoms with E-state index in [4.69, 9.17) is 4.74 Å². The van der Waals surface area contributed by atoms with Crippen molar-refractivity contribution < 1.29 is 4.74 Å². The van der Waals surface area contributed by atoms with E-state index >= 15 is 0 Å². The van der Waals surface area contributed by atoms with Gasteiger partial charge in [-0.2, -0.15) is 0 Å². The molecule has 1 N–H and O–H groups in total. The van der Waals surface area contributed by atoms with Crippen molar-refractivity contribution in [1.82, 2.24) is 25.5 Å². The average Bonchev–Trinajstić information content (AvgIpc) is 2.85. The summed E-state index contributed by atoms with van der Waals surface area (Å²) in [7, 11) is 1.70. The Bertz CT molecular complexity index is 359. The quantitative estimate of drug-likeness (QED) is 0.769. The van der Waals surface area contributed by atoms with Gasteiger partial charge in [0.1, 0.15) is 0 Å². The molecule has 1 heterocycles. The second-order valence-electron chi connectivity index (χ2n) is 5.23. The van der Waals surface area contributed by atoms with Crippen LogP contribution in [0.4, 0.5) is 0 Å². The van der Waals surface area contributed by atoms with E-state index in [9.17, 15) is 0 Å². The first kappa shape index (κ1) is 13.4. The Kier molecular flexibility index (Phi) is 4.66. The van der Waals surface area contributed by atoms with Crippen molar-refractivity contribution in [3.63, 3.8) is 0 Å². The maximum atomic E-state index is 5.01. The van der Waals surface area contributed by atoms with Gasteiger partial charge in [0.15, 0.2) is 5.82 Å². The first-order valence-corrected chi connectivity index (χ1v) is 6.74. The molecule has 1 fully saturated rings. The molecule has 0 radical (unpaired) electrons. The molecule has 0 amide bonds. The molecule has 0 aromatic carbocycles. The fourth-order valence-electron chi connectivity index (χ4n) is 2.64. The lowest BCUT2D eigenvalue weighted by Crippen LogP contribution is -2.36. The van der Waals surface area contributed by atoms with E-state index < -0.39 is 0 Å². The minimum atomic E-state index is 0.0972. The van der Waals surface area contributed by atoms with E-state index in [0.717, 1.165) is 12.4 Å². The van der Waals surface area contributed by atoms with Gasteiger partial charge < -0.3 is 10.1 Å². The Balaban J connectivity index is 1.98. The zero-order valence-electron chi connectivity index (χ0n) is 11.4. The van der Waals surface area contributed by atoms with Crippen molar-refractivity contribution in [2.75, 3.05) is 20.3 Å². The Hall–Kier alpha value is -1.01. The molecule has 1 saturated carbocycles. The zero-order chi connectivity index (χ0) is 12.8. The molecule has 0 unspecified atom stereocenters. The second-order valence-corrected chi connectivity index (χ2v) is 5.23. The van der Waals surface area contributed by atoms with Crippen LogP contribution in [0.25, 0.3) is 0 Å². The highest BCUT2D eigenvalue weighted by atomic mass is 16.5. The van der Waals surface area contributed by atoms with Gasteiger partial charge in [0.25, 0.3) is 0 Å². The number of methoxy groups -OCH3 is 1. The van der Waals surface area contributed by atoms with Gasteiger partial charge in [0.2, 0.25) is 0 Å². The molecule has 0 bridgehead atoms. The Morgan fingerprint density at radius 1 is 1.33 bits per heavy atom. The van der Waals surface area contributed by atoms with Crippen LogP contribution < -0.4 is 5.32 Å². The number of rotatable bonds is 6. The van der Waals surface area contributed by atoms with Crippen molar-refractivity contribution in [2.45, 2.75) is 51.1 Å². The van der Waals surface area contributed by atoms with E-state index in [-0.39, 0.29) is 5.54 Å². The molecule has 2 rings (SSSR count). The van der Waals surface area contributed by atoms with Gasteiger partial charge in [-0.3, -0.25) is 0 Å². The molecule has 0 aliphatic heterocycles. The number of ether oxygens (including phenoxy) is 1. The molecule has 1 aliphatic carbocycles. The van der Waals surface area contributed by atoms with E-state index in [1.54, 1.807) is 7.11 Å². The van der Waals surface area contributed by atoms with Gasteiger partial charge in [0, 0.05) is 13.7 Å². The number of hydrogen-bond donors (Lipinski definition) is 1. The third kappa shape index (κ3) is 3.05. The fourth-order valence-corrected chi connectivity index (χ4v) is 2.64. The Morgan fingerprint density at radius 3 is 2.83 bits per heavy atom. The van der Waals surface area contributed by atoms with Gasteiger partial charge in [-0.25, -0.2) is 4.68 Å². The summed E-state index contributed by atoms with van der Waals surface area (Å²) in [5.74, 6) is 0.926. The predicted molar refractivity (Wildman–Crippen MR) is 68.1 cm³/mol. The zero-order valence-corrected chi connectivity index (χ0v) is 11.4. The predicted octanol–water partition coefficient (Wildman–Crippen LogP) is 1.09. The molecule has 0 spiro atoms. The highest BCUT2D eigenvalue weighted by Crippen LogP contribution is 2.34. The maximum absolute atomic E-state index is 5.01. The van der Waals surface area contributed by atoms with Crippen LogP contribution in [0.15, 0.2) is 0 Å². The van der Waals surface area contributed by atoms with E-state index in [0.29, 0.717) is 13.2 Å². The van der Waals surface area contributed by atoms with Crippen LogP contribution in [0.1, 0.15) is 44.9 Å². The summed E-state index contributed by atoms with van der Waals surface area (Å²) in [4.78, 5) is 0. The van der Waals surface area contributed by atoms with Gasteiger partial charge in [0.05, 0.1) is 18.7 Å². The Labute approximate surface area is 108 Å². The lowest BCUT2D eigenvalue weighted by molar-refractivity contribution is 0.184. The maximum Gasteiger partial charge on any atom is 0.165 e. The molecule has 6 heteroatoms. The van der Waals surface area contributed by atoms with Crippen LogP contribution in [0.5, 0.6) is 0 Å². The molecule has 0 atom stereocenters. The summed E-state index contributed by atoms with van der Waals surface area (Å²) in [5, 5.41) is 15.5. The largest absolute Gasteiger partial charge is 0.383 e. The van der Waals surface area contributed by atoms with Crippen molar-refractivity contribution in [2.24, 2.45) is 0 Å². The minimum absolute atomic E-state index is 0.0972. The molecular weight excluding hydrogens is 230 g/mol. The molecule has 1 aliphatic rings. The van der Waals surface area contributed by atoms with Crippen LogP contribution in [0, 0.1) is 0 Å². The molecule has 18 heavy (non-hydrogen) atoms. The lowest BCUT2D eigenvalue weighted by atomic mass is 9.83. The third-order valence-electron chi connectivity index (χ3n) is 3.74. The topological polar surface area (TPSA) is 64.9 Å². The van der Waals surface area contributed by atoms with Gasteiger partial charge in [-0.15, -0.1) is 5.10 Å². The molecule has 6 nitrogen and oxygen atoms in total. The summed E-state index contributed by atoms with van der Waals surface area (Å²) in [5.41, 5.74) is 0.0972. The fraction of sp³-hybridized carbons (Fsp3) is 0.917. The van der Waals surface area contributed by atoms with Gasteiger partial charge in [-0.1, -0.05) is 19.3 Å². The van der Waals surface area contributed by atoms with E-state index in [1.165, 1.54) is 32.1 Å². The highest BCUT2D eigenvalue weighted by Gasteiger charge is 2.31. The molecule has 1 aromatic rings. The number of tetrazole rings is 1. The molecule has 0 saturated heterocycles. The van der Waals surface area contributed by atoms with Crippen LogP contribution in [0.2, 0.25) is 0 Å². The van der Waals surface area contributed by atoms with Crippen LogP contribution in [-0.4, -0.2) is 40.5 Å². The van der Waals surface area contributed by atoms with Gasteiger partial charge >= 0.3 is 0 Å².